The molecule has 0 atom stereocenters. The van der Waals surface area contributed by atoms with Crippen LogP contribution in [-0.2, 0) is 0 Å². The minimum absolute atomic E-state index is 0.122. The van der Waals surface area contributed by atoms with Crippen molar-refractivity contribution < 1.29 is 15.0 Å². The number of ketones is 1. The molecule has 2 aromatic carbocycles. The van der Waals surface area contributed by atoms with Gasteiger partial charge in [-0.15, -0.1) is 0 Å². The Morgan fingerprint density at radius 2 is 1.87 bits per heavy atom. The van der Waals surface area contributed by atoms with Crippen molar-refractivity contribution in [3.63, 3.8) is 0 Å². The summed E-state index contributed by atoms with van der Waals surface area (Å²) in [7, 11) is 0. The first kappa shape index (κ1) is 17.7. The number of nitrogens with one attached hydrogen (secondary N) is 1. The van der Waals surface area contributed by atoms with Crippen LogP contribution in [0.2, 0.25) is 0 Å². The van der Waals surface area contributed by atoms with Crippen LogP contribution in [0, 0.1) is 5.92 Å². The Bertz CT molecular complexity index is 1490. The number of H-pyrrole nitrogens is 1. The second kappa shape index (κ2) is 6.43. The molecule has 0 aliphatic heterocycles. The number of para-hydroxylation sites is 1. The van der Waals surface area contributed by atoms with E-state index in [9.17, 15) is 15.0 Å². The van der Waals surface area contributed by atoms with E-state index < -0.39 is 5.75 Å². The van der Waals surface area contributed by atoms with Crippen LogP contribution in [0.3, 0.4) is 0 Å². The molecule has 1 fully saturated rings. The van der Waals surface area contributed by atoms with E-state index in [-0.39, 0.29) is 23.1 Å². The van der Waals surface area contributed by atoms with Gasteiger partial charge in [0.15, 0.2) is 11.5 Å². The van der Waals surface area contributed by atoms with Crippen molar-refractivity contribution in [2.45, 2.75) is 12.8 Å². The van der Waals surface area contributed by atoms with E-state index in [2.05, 4.69) is 15.0 Å². The molecule has 152 valence electrons. The molecule has 3 aromatic heterocycles. The maximum atomic E-state index is 13.2. The Labute approximate surface area is 176 Å². The Hall–Kier alpha value is -4.13. The predicted octanol–water partition coefficient (Wildman–Crippen LogP) is 4.57. The molecule has 0 amide bonds. The number of benzene rings is 2. The van der Waals surface area contributed by atoms with Crippen molar-refractivity contribution in [3.8, 4) is 28.6 Å². The summed E-state index contributed by atoms with van der Waals surface area (Å²) < 4.78 is 1.53. The van der Waals surface area contributed by atoms with E-state index in [0.29, 0.717) is 11.4 Å². The fourth-order valence-corrected chi connectivity index (χ4v) is 4.20. The number of pyridine rings is 1. The van der Waals surface area contributed by atoms with Crippen molar-refractivity contribution in [2.24, 2.45) is 5.92 Å². The molecular formula is C24H18N4O3. The first-order valence-corrected chi connectivity index (χ1v) is 10.1. The molecule has 0 unspecified atom stereocenters. The number of aromatic amines is 1. The summed E-state index contributed by atoms with van der Waals surface area (Å²) in [5.41, 5.74) is 4.27. The molecular weight excluding hydrogens is 392 g/mol. The lowest BCUT2D eigenvalue weighted by Gasteiger charge is -2.14. The third kappa shape index (κ3) is 2.63. The SMILES string of the molecule is O=C(c1c(O)c(O)n(-c2ccc3nc[nH]c3c2)c1-c1ccnc2ccccc12)C1CC1. The summed E-state index contributed by atoms with van der Waals surface area (Å²) in [6.45, 7) is 0. The summed E-state index contributed by atoms with van der Waals surface area (Å²) >= 11 is 0. The maximum Gasteiger partial charge on any atom is 0.240 e. The largest absolute Gasteiger partial charge is 0.503 e. The first-order valence-electron chi connectivity index (χ1n) is 10.1. The average Bonchev–Trinajstić information content (AvgIpc) is 3.49. The maximum absolute atomic E-state index is 13.2. The van der Waals surface area contributed by atoms with Crippen molar-refractivity contribution in [3.05, 3.63) is 66.6 Å². The quantitative estimate of drug-likeness (QED) is 0.377. The van der Waals surface area contributed by atoms with Gasteiger partial charge in [0.25, 0.3) is 0 Å². The van der Waals surface area contributed by atoms with Gasteiger partial charge >= 0.3 is 0 Å². The zero-order valence-electron chi connectivity index (χ0n) is 16.4. The number of aromatic nitrogens is 4. The first-order chi connectivity index (χ1) is 15.1. The number of imidazole rings is 1. The number of hydrogen-bond donors (Lipinski definition) is 3. The van der Waals surface area contributed by atoms with Gasteiger partial charge in [0.05, 0.1) is 39.8 Å². The highest BCUT2D eigenvalue weighted by Crippen LogP contribution is 2.48. The minimum Gasteiger partial charge on any atom is -0.503 e. The zero-order chi connectivity index (χ0) is 21.1. The van der Waals surface area contributed by atoms with E-state index in [4.69, 9.17) is 0 Å². The molecule has 1 saturated carbocycles. The Morgan fingerprint density at radius 1 is 1.03 bits per heavy atom. The van der Waals surface area contributed by atoms with Crippen LogP contribution in [0.25, 0.3) is 38.9 Å². The van der Waals surface area contributed by atoms with Crippen LogP contribution in [0.1, 0.15) is 23.2 Å². The van der Waals surface area contributed by atoms with Gasteiger partial charge in [-0.2, -0.15) is 0 Å². The van der Waals surface area contributed by atoms with Gasteiger partial charge in [0.2, 0.25) is 5.88 Å². The summed E-state index contributed by atoms with van der Waals surface area (Å²) in [4.78, 5) is 24.9. The highest BCUT2D eigenvalue weighted by Gasteiger charge is 2.38. The van der Waals surface area contributed by atoms with E-state index in [1.807, 2.05) is 42.5 Å². The van der Waals surface area contributed by atoms with Gasteiger partial charge in [-0.1, -0.05) is 18.2 Å². The lowest BCUT2D eigenvalue weighted by atomic mass is 9.99. The van der Waals surface area contributed by atoms with Crippen molar-refractivity contribution in [1.82, 2.24) is 19.5 Å². The molecule has 6 rings (SSSR count). The smallest absolute Gasteiger partial charge is 0.240 e. The van der Waals surface area contributed by atoms with E-state index in [0.717, 1.165) is 40.3 Å². The topological polar surface area (TPSA) is 104 Å². The minimum atomic E-state index is -0.391. The van der Waals surface area contributed by atoms with Crippen molar-refractivity contribution >= 4 is 27.7 Å². The summed E-state index contributed by atoms with van der Waals surface area (Å²) in [5.74, 6) is -1.02. The molecule has 1 aliphatic carbocycles. The third-order valence-corrected chi connectivity index (χ3v) is 5.88. The normalized spacial score (nSPS) is 13.8. The number of Topliss-reactive ketones (excluding diaryl/α,β-unsaturated/α-hetero) is 1. The van der Waals surface area contributed by atoms with Crippen LogP contribution in [0.4, 0.5) is 0 Å². The van der Waals surface area contributed by atoms with Crippen LogP contribution in [0.5, 0.6) is 11.6 Å². The number of carbonyl (C=O) groups is 1. The Kier molecular flexibility index (Phi) is 3.67. The number of rotatable bonds is 4. The highest BCUT2D eigenvalue weighted by atomic mass is 16.3. The monoisotopic (exact) mass is 410 g/mol. The van der Waals surface area contributed by atoms with Crippen molar-refractivity contribution in [2.75, 3.05) is 0 Å². The van der Waals surface area contributed by atoms with Gasteiger partial charge < -0.3 is 15.2 Å². The number of carbonyl (C=O) groups excluding carboxylic acids is 1. The number of fused-ring (bicyclic) bond motifs is 2. The molecule has 31 heavy (non-hydrogen) atoms. The number of nitrogens with zero attached hydrogens (tertiary/aromatic N) is 3. The van der Waals surface area contributed by atoms with E-state index in [1.165, 1.54) is 4.57 Å². The molecule has 7 nitrogen and oxygen atoms in total. The third-order valence-electron chi connectivity index (χ3n) is 5.88. The second-order valence-electron chi connectivity index (χ2n) is 7.85. The van der Waals surface area contributed by atoms with Crippen LogP contribution in [0.15, 0.2) is 61.1 Å². The fourth-order valence-electron chi connectivity index (χ4n) is 4.20. The van der Waals surface area contributed by atoms with E-state index >= 15 is 0 Å². The molecule has 3 heterocycles. The van der Waals surface area contributed by atoms with E-state index in [1.54, 1.807) is 18.6 Å². The van der Waals surface area contributed by atoms with Crippen molar-refractivity contribution in [1.29, 1.82) is 0 Å². The fraction of sp³-hybridized carbons (Fsp3) is 0.125. The zero-order valence-corrected chi connectivity index (χ0v) is 16.4. The second-order valence-corrected chi connectivity index (χ2v) is 7.85. The number of aromatic hydroxyl groups is 2. The molecule has 0 spiro atoms. The Balaban J connectivity index is 1.71. The van der Waals surface area contributed by atoms with Gasteiger partial charge in [0, 0.05) is 23.1 Å². The molecule has 0 radical (unpaired) electrons. The molecule has 5 aromatic rings. The molecule has 1 aliphatic rings. The van der Waals surface area contributed by atoms with Gasteiger partial charge in [-0.3, -0.25) is 14.3 Å². The lowest BCUT2D eigenvalue weighted by molar-refractivity contribution is 0.0965. The van der Waals surface area contributed by atoms with Crippen LogP contribution < -0.4 is 0 Å². The summed E-state index contributed by atoms with van der Waals surface area (Å²) in [6.07, 6.45) is 4.86. The van der Waals surface area contributed by atoms with Gasteiger partial charge in [-0.25, -0.2) is 4.98 Å². The molecule has 0 saturated heterocycles. The van der Waals surface area contributed by atoms with Gasteiger partial charge in [-0.05, 0) is 43.2 Å². The molecule has 0 bridgehead atoms. The molecule has 3 N–H and O–H groups in total. The summed E-state index contributed by atoms with van der Waals surface area (Å²) in [5, 5.41) is 22.7. The standard InChI is InChI=1S/C24H18N4O3/c29-22(13-5-6-13)20-21(16-9-10-25-17-4-2-1-3-15(16)17)28(24(31)23(20)30)14-7-8-18-19(11-14)27-12-26-18/h1-4,7-13,30-31H,5-6H2,(H,26,27). The van der Waals surface area contributed by atoms with Crippen LogP contribution >= 0.6 is 0 Å². The predicted molar refractivity (Wildman–Crippen MR) is 117 cm³/mol. The average molecular weight is 410 g/mol. The molecule has 7 heteroatoms. The lowest BCUT2D eigenvalue weighted by Crippen LogP contribution is -2.05. The van der Waals surface area contributed by atoms with Crippen LogP contribution in [-0.4, -0.2) is 35.5 Å². The number of hydrogen-bond acceptors (Lipinski definition) is 5. The Morgan fingerprint density at radius 3 is 2.71 bits per heavy atom. The highest BCUT2D eigenvalue weighted by molar-refractivity contribution is 6.10. The van der Waals surface area contributed by atoms with Gasteiger partial charge in [0.1, 0.15) is 0 Å². The summed E-state index contributed by atoms with van der Waals surface area (Å²) in [6, 6.07) is 14.9.